The Bertz CT molecular complexity index is 598. The van der Waals surface area contributed by atoms with Crippen LogP contribution >= 0.6 is 0 Å². The van der Waals surface area contributed by atoms with Gasteiger partial charge in [-0.25, -0.2) is 0 Å². The Hall–Kier alpha value is -2.13. The molecule has 128 valence electrons. The lowest BCUT2D eigenvalue weighted by Crippen LogP contribution is -2.35. The molecule has 0 aliphatic rings. The maximum Gasteiger partial charge on any atom is 0.223 e. The minimum atomic E-state index is -0.123. The van der Waals surface area contributed by atoms with Gasteiger partial charge in [-0.05, 0) is 17.5 Å². The quantitative estimate of drug-likeness (QED) is 0.737. The highest BCUT2D eigenvalue weighted by molar-refractivity contribution is 5.78. The van der Waals surface area contributed by atoms with Gasteiger partial charge in [0.2, 0.25) is 5.91 Å². The molecule has 2 atom stereocenters. The molecule has 24 heavy (non-hydrogen) atoms. The van der Waals surface area contributed by atoms with Crippen molar-refractivity contribution in [3.05, 3.63) is 71.8 Å². The number of amides is 1. The lowest BCUT2D eigenvalue weighted by atomic mass is 10.0. The molecular formula is C21H27NO2. The minimum Gasteiger partial charge on any atom is -0.374 e. The molecule has 0 fully saturated rings. The van der Waals surface area contributed by atoms with Gasteiger partial charge in [-0.2, -0.15) is 0 Å². The van der Waals surface area contributed by atoms with E-state index in [1.165, 1.54) is 0 Å². The van der Waals surface area contributed by atoms with Crippen molar-refractivity contribution in [2.75, 3.05) is 6.61 Å². The van der Waals surface area contributed by atoms with E-state index < -0.39 is 0 Å². The molecule has 2 aromatic rings. The molecule has 0 bridgehead atoms. The van der Waals surface area contributed by atoms with E-state index in [1.807, 2.05) is 67.6 Å². The number of benzene rings is 2. The van der Waals surface area contributed by atoms with E-state index in [4.69, 9.17) is 4.74 Å². The maximum absolute atomic E-state index is 12.4. The molecule has 1 N–H and O–H groups in total. The van der Waals surface area contributed by atoms with Gasteiger partial charge >= 0.3 is 0 Å². The second kappa shape index (κ2) is 9.89. The van der Waals surface area contributed by atoms with Crippen LogP contribution in [0.3, 0.4) is 0 Å². The van der Waals surface area contributed by atoms with Gasteiger partial charge in [0.15, 0.2) is 0 Å². The summed E-state index contributed by atoms with van der Waals surface area (Å²) in [5.74, 6) is 0.115. The van der Waals surface area contributed by atoms with Crippen LogP contribution in [0.5, 0.6) is 0 Å². The van der Waals surface area contributed by atoms with Crippen molar-refractivity contribution in [3.8, 4) is 0 Å². The first-order valence-electron chi connectivity index (χ1n) is 8.67. The van der Waals surface area contributed by atoms with Crippen molar-refractivity contribution in [1.29, 1.82) is 0 Å². The summed E-state index contributed by atoms with van der Waals surface area (Å²) in [5, 5.41) is 3.14. The lowest BCUT2D eigenvalue weighted by molar-refractivity contribution is -0.126. The van der Waals surface area contributed by atoms with E-state index in [-0.39, 0.29) is 17.9 Å². The predicted molar refractivity (Wildman–Crippen MR) is 97.5 cm³/mol. The summed E-state index contributed by atoms with van der Waals surface area (Å²) in [4.78, 5) is 12.4. The van der Waals surface area contributed by atoms with Crippen LogP contribution < -0.4 is 5.32 Å². The minimum absolute atomic E-state index is 0.0235. The monoisotopic (exact) mass is 325 g/mol. The van der Waals surface area contributed by atoms with Gasteiger partial charge in [-0.15, -0.1) is 0 Å². The first-order valence-corrected chi connectivity index (χ1v) is 8.67. The molecule has 2 rings (SSSR count). The molecule has 0 heterocycles. The van der Waals surface area contributed by atoms with Gasteiger partial charge in [0.05, 0.1) is 19.3 Å². The highest BCUT2D eigenvalue weighted by Crippen LogP contribution is 2.16. The number of nitrogens with one attached hydrogen (secondary N) is 1. The molecule has 2 aromatic carbocycles. The zero-order chi connectivity index (χ0) is 17.2. The number of rotatable bonds is 9. The Kier molecular flexibility index (Phi) is 7.50. The zero-order valence-electron chi connectivity index (χ0n) is 14.6. The standard InChI is InChI=1S/C21H27NO2/c1-3-10-17(2)21(23)22-20(19-13-8-5-9-14-19)16-24-15-18-11-6-4-7-12-18/h4-9,11-14,17,20H,3,10,15-16H2,1-2H3,(H,22,23). The average Bonchev–Trinajstić information content (AvgIpc) is 2.62. The van der Waals surface area contributed by atoms with Gasteiger partial charge in [0.25, 0.3) is 0 Å². The molecule has 0 saturated carbocycles. The van der Waals surface area contributed by atoms with Crippen molar-refractivity contribution in [3.63, 3.8) is 0 Å². The number of ether oxygens (including phenoxy) is 1. The Balaban J connectivity index is 1.97. The largest absolute Gasteiger partial charge is 0.374 e. The van der Waals surface area contributed by atoms with Crippen LogP contribution in [-0.4, -0.2) is 12.5 Å². The summed E-state index contributed by atoms with van der Waals surface area (Å²) in [7, 11) is 0. The second-order valence-electron chi connectivity index (χ2n) is 6.16. The molecule has 3 heteroatoms. The van der Waals surface area contributed by atoms with E-state index in [2.05, 4.69) is 12.2 Å². The molecule has 0 aliphatic heterocycles. The fourth-order valence-electron chi connectivity index (χ4n) is 2.65. The van der Waals surface area contributed by atoms with Crippen molar-refractivity contribution >= 4 is 5.91 Å². The van der Waals surface area contributed by atoms with Crippen LogP contribution in [0.4, 0.5) is 0 Å². The summed E-state index contributed by atoms with van der Waals surface area (Å²) in [5.41, 5.74) is 2.21. The summed E-state index contributed by atoms with van der Waals surface area (Å²) >= 11 is 0. The van der Waals surface area contributed by atoms with Crippen molar-refractivity contribution in [2.45, 2.75) is 39.3 Å². The fraction of sp³-hybridized carbons (Fsp3) is 0.381. The molecule has 3 nitrogen and oxygen atoms in total. The zero-order valence-corrected chi connectivity index (χ0v) is 14.6. The summed E-state index contributed by atoms with van der Waals surface area (Å²) in [6, 6.07) is 20.0. The van der Waals surface area contributed by atoms with E-state index in [1.54, 1.807) is 0 Å². The van der Waals surface area contributed by atoms with Gasteiger partial charge < -0.3 is 10.1 Å². The van der Waals surface area contributed by atoms with Crippen LogP contribution in [-0.2, 0) is 16.1 Å². The number of carbonyl (C=O) groups is 1. The molecule has 1 amide bonds. The Morgan fingerprint density at radius 1 is 1.04 bits per heavy atom. The van der Waals surface area contributed by atoms with Gasteiger partial charge in [0, 0.05) is 5.92 Å². The third-order valence-electron chi connectivity index (χ3n) is 4.08. The molecular weight excluding hydrogens is 298 g/mol. The average molecular weight is 325 g/mol. The smallest absolute Gasteiger partial charge is 0.223 e. The van der Waals surface area contributed by atoms with E-state index in [0.29, 0.717) is 13.2 Å². The van der Waals surface area contributed by atoms with Crippen molar-refractivity contribution < 1.29 is 9.53 Å². The van der Waals surface area contributed by atoms with Crippen LogP contribution in [0.25, 0.3) is 0 Å². The number of carbonyl (C=O) groups excluding carboxylic acids is 1. The maximum atomic E-state index is 12.4. The second-order valence-corrected chi connectivity index (χ2v) is 6.16. The van der Waals surface area contributed by atoms with E-state index in [9.17, 15) is 4.79 Å². The number of hydrogen-bond acceptors (Lipinski definition) is 2. The predicted octanol–water partition coefficient (Wildman–Crippen LogP) is 4.50. The van der Waals surface area contributed by atoms with Gasteiger partial charge in [-0.1, -0.05) is 80.9 Å². The third-order valence-corrected chi connectivity index (χ3v) is 4.08. The fourth-order valence-corrected chi connectivity index (χ4v) is 2.65. The van der Waals surface area contributed by atoms with Crippen molar-refractivity contribution in [1.82, 2.24) is 5.32 Å². The summed E-state index contributed by atoms with van der Waals surface area (Å²) in [6.07, 6.45) is 1.91. The normalized spacial score (nSPS) is 13.2. The van der Waals surface area contributed by atoms with Gasteiger partial charge in [0.1, 0.15) is 0 Å². The topological polar surface area (TPSA) is 38.3 Å². The van der Waals surface area contributed by atoms with Crippen LogP contribution in [0, 0.1) is 5.92 Å². The van der Waals surface area contributed by atoms with Gasteiger partial charge in [-0.3, -0.25) is 4.79 Å². The van der Waals surface area contributed by atoms with Crippen LogP contribution in [0.15, 0.2) is 60.7 Å². The van der Waals surface area contributed by atoms with Crippen molar-refractivity contribution in [2.24, 2.45) is 5.92 Å². The third kappa shape index (κ3) is 5.82. The summed E-state index contributed by atoms with van der Waals surface area (Å²) < 4.78 is 5.86. The Labute approximate surface area is 145 Å². The van der Waals surface area contributed by atoms with Crippen LogP contribution in [0.2, 0.25) is 0 Å². The molecule has 2 unspecified atom stereocenters. The highest BCUT2D eigenvalue weighted by Gasteiger charge is 2.18. The molecule has 0 aromatic heterocycles. The molecule has 0 aliphatic carbocycles. The van der Waals surface area contributed by atoms with E-state index in [0.717, 1.165) is 24.0 Å². The Morgan fingerprint density at radius 2 is 1.67 bits per heavy atom. The molecule has 0 radical (unpaired) electrons. The number of hydrogen-bond donors (Lipinski definition) is 1. The highest BCUT2D eigenvalue weighted by atomic mass is 16.5. The first-order chi connectivity index (χ1) is 11.7. The Morgan fingerprint density at radius 3 is 2.29 bits per heavy atom. The first kappa shape index (κ1) is 18.2. The SMILES string of the molecule is CCCC(C)C(=O)NC(COCc1ccccc1)c1ccccc1. The molecule has 0 spiro atoms. The molecule has 0 saturated heterocycles. The van der Waals surface area contributed by atoms with Crippen LogP contribution in [0.1, 0.15) is 43.9 Å². The van der Waals surface area contributed by atoms with E-state index >= 15 is 0 Å². The summed E-state index contributed by atoms with van der Waals surface area (Å²) in [6.45, 7) is 5.08. The lowest BCUT2D eigenvalue weighted by Gasteiger charge is -2.21.